The van der Waals surface area contributed by atoms with E-state index in [1.165, 1.54) is 12.5 Å². The van der Waals surface area contributed by atoms with Gasteiger partial charge in [0, 0.05) is 19.6 Å². The molecule has 0 spiro atoms. The Balaban J connectivity index is 1.93. The zero-order valence-electron chi connectivity index (χ0n) is 10.4. The van der Waals surface area contributed by atoms with Gasteiger partial charge in [0.25, 0.3) is 0 Å². The molecule has 0 N–H and O–H groups in total. The molecule has 0 radical (unpaired) electrons. The summed E-state index contributed by atoms with van der Waals surface area (Å²) in [5.74, 6) is 0.841. The fraction of sp³-hybridized carbons (Fsp3) is 0.667. The highest BCUT2D eigenvalue weighted by atomic mass is 19.1. The Morgan fingerprint density at radius 3 is 2.71 bits per heavy atom. The fourth-order valence-corrected chi connectivity index (χ4v) is 2.38. The van der Waals surface area contributed by atoms with E-state index in [1.807, 2.05) is 4.90 Å². The van der Waals surface area contributed by atoms with Crippen LogP contribution in [0.3, 0.4) is 0 Å². The van der Waals surface area contributed by atoms with Crippen LogP contribution in [0, 0.1) is 11.7 Å². The van der Waals surface area contributed by atoms with Gasteiger partial charge in [-0.05, 0) is 32.9 Å². The Kier molecular flexibility index (Phi) is 3.89. The van der Waals surface area contributed by atoms with Crippen molar-refractivity contribution < 1.29 is 4.39 Å². The van der Waals surface area contributed by atoms with Crippen molar-refractivity contribution in [2.75, 3.05) is 38.6 Å². The van der Waals surface area contributed by atoms with Gasteiger partial charge < -0.3 is 9.80 Å². The van der Waals surface area contributed by atoms with Gasteiger partial charge in [-0.2, -0.15) is 0 Å². The van der Waals surface area contributed by atoms with E-state index in [9.17, 15) is 4.39 Å². The maximum atomic E-state index is 13.5. The zero-order chi connectivity index (χ0) is 12.3. The van der Waals surface area contributed by atoms with Crippen molar-refractivity contribution in [3.63, 3.8) is 0 Å². The molecule has 4 nitrogen and oxygen atoms in total. The highest BCUT2D eigenvalue weighted by Crippen LogP contribution is 2.23. The van der Waals surface area contributed by atoms with E-state index in [0.717, 1.165) is 32.5 Å². The molecular formula is C12H19FN4. The molecule has 0 unspecified atom stereocenters. The molecule has 2 rings (SSSR count). The lowest BCUT2D eigenvalue weighted by molar-refractivity contribution is 0.284. The van der Waals surface area contributed by atoms with Crippen molar-refractivity contribution in [2.45, 2.75) is 12.8 Å². The summed E-state index contributed by atoms with van der Waals surface area (Å²) in [4.78, 5) is 11.9. The number of piperidine rings is 1. The highest BCUT2D eigenvalue weighted by molar-refractivity contribution is 5.38. The van der Waals surface area contributed by atoms with Gasteiger partial charge in [-0.1, -0.05) is 0 Å². The summed E-state index contributed by atoms with van der Waals surface area (Å²) in [7, 11) is 4.19. The van der Waals surface area contributed by atoms with Crippen LogP contribution in [0.4, 0.5) is 10.2 Å². The van der Waals surface area contributed by atoms with Crippen molar-refractivity contribution in [2.24, 2.45) is 5.92 Å². The van der Waals surface area contributed by atoms with Crippen LogP contribution in [0.5, 0.6) is 0 Å². The Bertz CT molecular complexity index is 361. The summed E-state index contributed by atoms with van der Waals surface area (Å²) >= 11 is 0. The summed E-state index contributed by atoms with van der Waals surface area (Å²) in [6.07, 6.45) is 4.84. The molecule has 0 bridgehead atoms. The predicted molar refractivity (Wildman–Crippen MR) is 65.5 cm³/mol. The van der Waals surface area contributed by atoms with Crippen LogP contribution >= 0.6 is 0 Å². The lowest BCUT2D eigenvalue weighted by Crippen LogP contribution is -2.38. The second kappa shape index (κ2) is 5.40. The van der Waals surface area contributed by atoms with Gasteiger partial charge in [0.1, 0.15) is 6.33 Å². The van der Waals surface area contributed by atoms with E-state index in [2.05, 4.69) is 29.0 Å². The van der Waals surface area contributed by atoms with Crippen LogP contribution in [0.2, 0.25) is 0 Å². The van der Waals surface area contributed by atoms with Crippen molar-refractivity contribution in [3.05, 3.63) is 18.3 Å². The molecule has 94 valence electrons. The third-order valence-corrected chi connectivity index (χ3v) is 3.19. The lowest BCUT2D eigenvalue weighted by atomic mass is 9.96. The minimum absolute atomic E-state index is 0.321. The van der Waals surface area contributed by atoms with Gasteiger partial charge in [-0.15, -0.1) is 0 Å². The lowest BCUT2D eigenvalue weighted by Gasteiger charge is -2.33. The molecule has 1 aliphatic heterocycles. The first kappa shape index (κ1) is 12.2. The van der Waals surface area contributed by atoms with Crippen LogP contribution in [-0.4, -0.2) is 48.6 Å². The fourth-order valence-electron chi connectivity index (χ4n) is 2.38. The number of rotatable bonds is 3. The second-order valence-electron chi connectivity index (χ2n) is 4.89. The molecule has 0 atom stereocenters. The average molecular weight is 238 g/mol. The predicted octanol–water partition coefficient (Wildman–Crippen LogP) is 1.39. The summed E-state index contributed by atoms with van der Waals surface area (Å²) in [6, 6.07) is 0. The normalized spacial score (nSPS) is 17.8. The van der Waals surface area contributed by atoms with Gasteiger partial charge in [0.05, 0.1) is 6.20 Å². The number of halogens is 1. The Labute approximate surface area is 101 Å². The Morgan fingerprint density at radius 1 is 1.41 bits per heavy atom. The van der Waals surface area contributed by atoms with E-state index in [4.69, 9.17) is 0 Å². The SMILES string of the molecule is CN(C)CC1CCN(c2ncncc2F)CC1. The highest BCUT2D eigenvalue weighted by Gasteiger charge is 2.22. The summed E-state index contributed by atoms with van der Waals surface area (Å²) < 4.78 is 13.5. The van der Waals surface area contributed by atoms with E-state index < -0.39 is 0 Å². The van der Waals surface area contributed by atoms with E-state index in [0.29, 0.717) is 11.7 Å². The molecule has 1 aromatic rings. The van der Waals surface area contributed by atoms with Gasteiger partial charge in [-0.3, -0.25) is 0 Å². The first-order valence-electron chi connectivity index (χ1n) is 6.02. The molecule has 1 aromatic heterocycles. The molecular weight excluding hydrogens is 219 g/mol. The molecule has 0 amide bonds. The molecule has 17 heavy (non-hydrogen) atoms. The van der Waals surface area contributed by atoms with Gasteiger partial charge >= 0.3 is 0 Å². The molecule has 5 heteroatoms. The van der Waals surface area contributed by atoms with Crippen LogP contribution in [0.25, 0.3) is 0 Å². The summed E-state index contributed by atoms with van der Waals surface area (Å²) in [5.41, 5.74) is 0. The monoisotopic (exact) mass is 238 g/mol. The largest absolute Gasteiger partial charge is 0.354 e. The number of hydrogen-bond acceptors (Lipinski definition) is 4. The molecule has 0 aliphatic carbocycles. The Morgan fingerprint density at radius 2 is 2.12 bits per heavy atom. The zero-order valence-corrected chi connectivity index (χ0v) is 10.4. The number of aromatic nitrogens is 2. The molecule has 0 aromatic carbocycles. The number of hydrogen-bond donors (Lipinski definition) is 0. The Hall–Kier alpha value is -1.23. The smallest absolute Gasteiger partial charge is 0.183 e. The number of nitrogens with zero attached hydrogens (tertiary/aromatic N) is 4. The molecule has 1 saturated heterocycles. The van der Waals surface area contributed by atoms with Crippen LogP contribution < -0.4 is 4.90 Å². The van der Waals surface area contributed by atoms with Gasteiger partial charge in [0.15, 0.2) is 11.6 Å². The first-order valence-corrected chi connectivity index (χ1v) is 6.02. The van der Waals surface area contributed by atoms with Crippen LogP contribution in [0.1, 0.15) is 12.8 Å². The molecule has 1 aliphatic rings. The maximum Gasteiger partial charge on any atom is 0.183 e. The van der Waals surface area contributed by atoms with Crippen molar-refractivity contribution >= 4 is 5.82 Å². The summed E-state index contributed by atoms with van der Waals surface area (Å²) in [5, 5.41) is 0. The standard InChI is InChI=1S/C12H19FN4/c1-16(2)8-10-3-5-17(6-4-10)12-11(13)7-14-9-15-12/h7,9-10H,3-6,8H2,1-2H3. The minimum Gasteiger partial charge on any atom is -0.354 e. The van der Waals surface area contributed by atoms with Gasteiger partial charge in [0.2, 0.25) is 0 Å². The number of anilines is 1. The average Bonchev–Trinajstić information content (AvgIpc) is 2.30. The molecule has 2 heterocycles. The summed E-state index contributed by atoms with van der Waals surface area (Å²) in [6.45, 7) is 2.87. The molecule has 0 saturated carbocycles. The van der Waals surface area contributed by atoms with Crippen molar-refractivity contribution in [1.29, 1.82) is 0 Å². The third-order valence-electron chi connectivity index (χ3n) is 3.19. The van der Waals surface area contributed by atoms with Crippen LogP contribution in [0.15, 0.2) is 12.5 Å². The topological polar surface area (TPSA) is 32.3 Å². The van der Waals surface area contributed by atoms with Crippen LogP contribution in [-0.2, 0) is 0 Å². The van der Waals surface area contributed by atoms with E-state index >= 15 is 0 Å². The first-order chi connectivity index (χ1) is 8.16. The van der Waals surface area contributed by atoms with Crippen molar-refractivity contribution in [3.8, 4) is 0 Å². The molecule has 1 fully saturated rings. The maximum absolute atomic E-state index is 13.5. The second-order valence-corrected chi connectivity index (χ2v) is 4.89. The van der Waals surface area contributed by atoms with Gasteiger partial charge in [-0.25, -0.2) is 14.4 Å². The minimum atomic E-state index is -0.321. The van der Waals surface area contributed by atoms with E-state index in [1.54, 1.807) is 0 Å². The third kappa shape index (κ3) is 3.12. The van der Waals surface area contributed by atoms with E-state index in [-0.39, 0.29) is 5.82 Å². The van der Waals surface area contributed by atoms with Crippen molar-refractivity contribution in [1.82, 2.24) is 14.9 Å². The quantitative estimate of drug-likeness (QED) is 0.796.